The number of ether oxygens (including phenoxy) is 1. The number of nitrogens with zero attached hydrogens (tertiary/aromatic N) is 2. The molecule has 1 aromatic carbocycles. The summed E-state index contributed by atoms with van der Waals surface area (Å²) in [6, 6.07) is 1.91. The van der Waals surface area contributed by atoms with E-state index in [0.29, 0.717) is 6.42 Å². The molecule has 0 amide bonds. The van der Waals surface area contributed by atoms with E-state index in [1.807, 2.05) is 0 Å². The summed E-state index contributed by atoms with van der Waals surface area (Å²) in [5.74, 6) is -0.833. The lowest BCUT2D eigenvalue weighted by atomic mass is 10.1. The second kappa shape index (κ2) is 6.45. The lowest BCUT2D eigenvalue weighted by Gasteiger charge is -2.07. The summed E-state index contributed by atoms with van der Waals surface area (Å²) >= 11 is 0. The average Bonchev–Trinajstić information content (AvgIpc) is 2.42. The molecule has 9 heteroatoms. The monoisotopic (exact) mass is 283 g/mol. The van der Waals surface area contributed by atoms with Crippen molar-refractivity contribution in [1.82, 2.24) is 0 Å². The molecule has 0 aliphatic rings. The number of hydrogen-bond acceptors (Lipinski definition) is 7. The fourth-order valence-electron chi connectivity index (χ4n) is 1.55. The number of rotatable bonds is 6. The Kier molecular flexibility index (Phi) is 4.95. The van der Waals surface area contributed by atoms with Gasteiger partial charge in [-0.15, -0.1) is 0 Å². The van der Waals surface area contributed by atoms with Crippen LogP contribution in [0.4, 0.5) is 17.1 Å². The molecule has 0 saturated carbocycles. The fourth-order valence-corrected chi connectivity index (χ4v) is 1.55. The van der Waals surface area contributed by atoms with Crippen LogP contribution in [0.2, 0.25) is 0 Å². The molecule has 0 aliphatic heterocycles. The maximum absolute atomic E-state index is 11.7. The number of nitro benzene ring substituents is 2. The van der Waals surface area contributed by atoms with Gasteiger partial charge in [-0.1, -0.05) is 6.92 Å². The van der Waals surface area contributed by atoms with Crippen LogP contribution in [-0.2, 0) is 4.74 Å². The minimum atomic E-state index is -0.833. The van der Waals surface area contributed by atoms with Crippen LogP contribution in [0.25, 0.3) is 0 Å². The van der Waals surface area contributed by atoms with Gasteiger partial charge in [0.15, 0.2) is 5.69 Å². The topological polar surface area (TPSA) is 125 Å². The molecule has 108 valence electrons. The largest absolute Gasteiger partial charge is 0.462 e. The van der Waals surface area contributed by atoms with Crippen molar-refractivity contribution in [1.29, 1.82) is 0 Å². The number of esters is 1. The van der Waals surface area contributed by atoms with Crippen molar-refractivity contribution < 1.29 is 19.4 Å². The van der Waals surface area contributed by atoms with E-state index >= 15 is 0 Å². The predicted molar refractivity (Wildman–Crippen MR) is 69.9 cm³/mol. The minimum Gasteiger partial charge on any atom is -0.462 e. The van der Waals surface area contributed by atoms with E-state index in [1.54, 1.807) is 6.92 Å². The van der Waals surface area contributed by atoms with Crippen molar-refractivity contribution in [2.75, 3.05) is 19.0 Å². The standard InChI is InChI=1S/C11H13N3O6/c1-3-4-20-11(15)7-5-8(13(16)17)10(12-2)9(6-7)14(18)19/h5-6,12H,3-4H2,1-2H3. The third-order valence-corrected chi connectivity index (χ3v) is 2.41. The minimum absolute atomic E-state index is 0.133. The summed E-state index contributed by atoms with van der Waals surface area (Å²) in [5, 5.41) is 24.3. The SMILES string of the molecule is CCCOC(=O)c1cc([N+](=O)[O-])c(NC)c([N+](=O)[O-])c1. The van der Waals surface area contributed by atoms with Gasteiger partial charge in [0.2, 0.25) is 0 Å². The van der Waals surface area contributed by atoms with Crippen LogP contribution in [0.15, 0.2) is 12.1 Å². The Morgan fingerprint density at radius 3 is 2.10 bits per heavy atom. The molecule has 0 bridgehead atoms. The van der Waals surface area contributed by atoms with Gasteiger partial charge in [0.1, 0.15) is 0 Å². The van der Waals surface area contributed by atoms with Crippen molar-refractivity contribution in [3.05, 3.63) is 37.9 Å². The van der Waals surface area contributed by atoms with E-state index in [-0.39, 0.29) is 17.9 Å². The van der Waals surface area contributed by atoms with Gasteiger partial charge in [-0.3, -0.25) is 20.2 Å². The van der Waals surface area contributed by atoms with Crippen molar-refractivity contribution >= 4 is 23.0 Å². The molecule has 9 nitrogen and oxygen atoms in total. The number of carbonyl (C=O) groups excluding carboxylic acids is 1. The first-order valence-electron chi connectivity index (χ1n) is 5.74. The number of benzene rings is 1. The van der Waals surface area contributed by atoms with Crippen molar-refractivity contribution in [2.24, 2.45) is 0 Å². The lowest BCUT2D eigenvalue weighted by molar-refractivity contribution is -0.392. The van der Waals surface area contributed by atoms with Gasteiger partial charge >= 0.3 is 5.97 Å². The smallest absolute Gasteiger partial charge is 0.338 e. The molecule has 0 heterocycles. The molecule has 1 rings (SSSR count). The molecular weight excluding hydrogens is 270 g/mol. The Bertz CT molecular complexity index is 522. The van der Waals surface area contributed by atoms with Gasteiger partial charge < -0.3 is 10.1 Å². The first-order chi connectivity index (χ1) is 9.42. The van der Waals surface area contributed by atoms with Crippen molar-refractivity contribution in [3.63, 3.8) is 0 Å². The molecule has 1 aromatic rings. The number of carbonyl (C=O) groups is 1. The lowest BCUT2D eigenvalue weighted by Crippen LogP contribution is -2.09. The number of anilines is 1. The van der Waals surface area contributed by atoms with Crippen LogP contribution >= 0.6 is 0 Å². The Morgan fingerprint density at radius 2 is 1.75 bits per heavy atom. The first kappa shape index (κ1) is 15.3. The third kappa shape index (κ3) is 3.19. The second-order valence-corrected chi connectivity index (χ2v) is 3.79. The molecule has 0 radical (unpaired) electrons. The summed E-state index contributed by atoms with van der Waals surface area (Å²) < 4.78 is 4.82. The van der Waals surface area contributed by atoms with Crippen molar-refractivity contribution in [2.45, 2.75) is 13.3 Å². The predicted octanol–water partition coefficient (Wildman–Crippen LogP) is 2.11. The van der Waals surface area contributed by atoms with E-state index < -0.39 is 27.2 Å². The zero-order chi connectivity index (χ0) is 15.3. The molecular formula is C11H13N3O6. The van der Waals surface area contributed by atoms with Crippen LogP contribution in [0.1, 0.15) is 23.7 Å². The Morgan fingerprint density at radius 1 is 1.25 bits per heavy atom. The normalized spacial score (nSPS) is 9.90. The molecule has 0 fully saturated rings. The molecule has 0 unspecified atom stereocenters. The average molecular weight is 283 g/mol. The Balaban J connectivity index is 3.38. The summed E-state index contributed by atoms with van der Waals surface area (Å²) in [5.41, 5.74) is -1.59. The van der Waals surface area contributed by atoms with Gasteiger partial charge in [0, 0.05) is 19.2 Å². The maximum Gasteiger partial charge on any atom is 0.338 e. The third-order valence-electron chi connectivity index (χ3n) is 2.41. The van der Waals surface area contributed by atoms with Crippen LogP contribution in [0, 0.1) is 20.2 Å². The molecule has 0 aliphatic carbocycles. The highest BCUT2D eigenvalue weighted by molar-refractivity contribution is 5.93. The zero-order valence-electron chi connectivity index (χ0n) is 10.9. The highest BCUT2D eigenvalue weighted by Gasteiger charge is 2.28. The first-order valence-corrected chi connectivity index (χ1v) is 5.74. The highest BCUT2D eigenvalue weighted by Crippen LogP contribution is 2.35. The van der Waals surface area contributed by atoms with Gasteiger partial charge in [0.05, 0.1) is 22.0 Å². The molecule has 20 heavy (non-hydrogen) atoms. The Labute approximate surface area is 113 Å². The maximum atomic E-state index is 11.7. The highest BCUT2D eigenvalue weighted by atomic mass is 16.6. The van der Waals surface area contributed by atoms with E-state index in [1.165, 1.54) is 7.05 Å². The van der Waals surface area contributed by atoms with Crippen LogP contribution in [0.5, 0.6) is 0 Å². The van der Waals surface area contributed by atoms with E-state index in [4.69, 9.17) is 4.74 Å². The summed E-state index contributed by atoms with van der Waals surface area (Å²) in [4.78, 5) is 31.9. The zero-order valence-corrected chi connectivity index (χ0v) is 10.9. The molecule has 1 N–H and O–H groups in total. The Hall–Kier alpha value is -2.71. The van der Waals surface area contributed by atoms with E-state index in [2.05, 4.69) is 5.32 Å². The molecule has 0 aromatic heterocycles. The van der Waals surface area contributed by atoms with Crippen molar-refractivity contribution in [3.8, 4) is 0 Å². The van der Waals surface area contributed by atoms with Gasteiger partial charge in [0.25, 0.3) is 11.4 Å². The van der Waals surface area contributed by atoms with Crippen LogP contribution in [0.3, 0.4) is 0 Å². The summed E-state index contributed by atoms with van der Waals surface area (Å²) in [7, 11) is 1.32. The summed E-state index contributed by atoms with van der Waals surface area (Å²) in [6.45, 7) is 1.91. The van der Waals surface area contributed by atoms with Gasteiger partial charge in [-0.25, -0.2) is 4.79 Å². The molecule has 0 atom stereocenters. The van der Waals surface area contributed by atoms with Crippen LogP contribution in [-0.4, -0.2) is 29.5 Å². The fraction of sp³-hybridized carbons (Fsp3) is 0.364. The van der Waals surface area contributed by atoms with Crippen LogP contribution < -0.4 is 5.32 Å². The number of nitrogens with one attached hydrogen (secondary N) is 1. The number of nitro groups is 2. The quantitative estimate of drug-likeness (QED) is 0.481. The summed E-state index contributed by atoms with van der Waals surface area (Å²) in [6.07, 6.45) is 0.574. The molecule has 0 spiro atoms. The molecule has 0 saturated heterocycles. The van der Waals surface area contributed by atoms with Gasteiger partial charge in [-0.2, -0.15) is 0 Å². The second-order valence-electron chi connectivity index (χ2n) is 3.79. The van der Waals surface area contributed by atoms with Gasteiger partial charge in [-0.05, 0) is 6.42 Å². The number of hydrogen-bond donors (Lipinski definition) is 1. The van der Waals surface area contributed by atoms with E-state index in [9.17, 15) is 25.0 Å². The van der Waals surface area contributed by atoms with E-state index in [0.717, 1.165) is 12.1 Å².